The van der Waals surface area contributed by atoms with Crippen LogP contribution in [0.4, 0.5) is 9.59 Å². The van der Waals surface area contributed by atoms with Crippen LogP contribution in [0.5, 0.6) is 0 Å². The zero-order valence-corrected chi connectivity index (χ0v) is 30.4. The lowest BCUT2D eigenvalue weighted by Gasteiger charge is -2.24. The molecule has 4 N–H and O–H groups in total. The van der Waals surface area contributed by atoms with Crippen molar-refractivity contribution in [2.24, 2.45) is 17.6 Å². The third-order valence-electron chi connectivity index (χ3n) is 9.47. The van der Waals surface area contributed by atoms with Crippen LogP contribution in [0.15, 0.2) is 36.4 Å². The van der Waals surface area contributed by atoms with Crippen molar-refractivity contribution >= 4 is 41.4 Å². The summed E-state index contributed by atoms with van der Waals surface area (Å²) in [4.78, 5) is 92.0. The maximum Gasteiger partial charge on any atom is 0.410 e. The molecule has 1 unspecified atom stereocenters. The van der Waals surface area contributed by atoms with Gasteiger partial charge < -0.3 is 30.9 Å². The van der Waals surface area contributed by atoms with E-state index in [1.807, 2.05) is 20.9 Å². The van der Waals surface area contributed by atoms with Gasteiger partial charge in [-0.15, -0.1) is 0 Å². The summed E-state index contributed by atoms with van der Waals surface area (Å²) in [7, 11) is 3.77. The Bertz CT molecular complexity index is 1410. The van der Waals surface area contributed by atoms with Crippen molar-refractivity contribution in [1.29, 1.82) is 0 Å². The Morgan fingerprint density at radius 1 is 0.980 bits per heavy atom. The van der Waals surface area contributed by atoms with Crippen molar-refractivity contribution in [3.63, 3.8) is 0 Å². The van der Waals surface area contributed by atoms with Gasteiger partial charge in [-0.1, -0.05) is 44.5 Å². The number of imide groups is 1. The lowest BCUT2D eigenvalue weighted by Crippen LogP contribution is -2.46. The number of nitrogens with two attached hydrogens (primary N) is 1. The molecule has 1 fully saturated rings. The summed E-state index contributed by atoms with van der Waals surface area (Å²) in [6, 6.07) is 5.77. The molecule has 2 aliphatic heterocycles. The monoisotopic (exact) mass is 710 g/mol. The van der Waals surface area contributed by atoms with Gasteiger partial charge in [0, 0.05) is 70.1 Å². The minimum absolute atomic E-state index is 0.0280. The number of ether oxygens (including phenoxy) is 1. The minimum atomic E-state index is -0.847. The number of carbonyl (C=O) groups is 7. The zero-order valence-electron chi connectivity index (χ0n) is 30.4. The van der Waals surface area contributed by atoms with Gasteiger partial charge in [0.2, 0.25) is 5.91 Å². The van der Waals surface area contributed by atoms with Gasteiger partial charge in [0.15, 0.2) is 5.78 Å². The molecule has 3 rings (SSSR count). The number of ketones is 2. The number of likely N-dealkylation sites (tertiary alicyclic amines) is 1. The molecule has 14 heteroatoms. The van der Waals surface area contributed by atoms with Crippen molar-refractivity contribution in [3.05, 3.63) is 47.5 Å². The number of primary amides is 1. The standard InChI is InChI=1S/C37H54N6O8/c1-25(2)30(22-29(44)9-6-5-7-19-43-33(46)15-16-34(43)47)35(48)40-31(10-8-18-39-36(38)49)32(45)21-26-11-13-27(14-12-26)24-51-37(50)42(4)28-17-20-41(3)23-28/h11-16,25,28,30-31H,5-10,17-24H2,1-4H3,(H,40,48)(H3,38,39,49)/t28?,30-,31-/m0/s1. The molecule has 2 heterocycles. The second-order valence-corrected chi connectivity index (χ2v) is 13.9. The first-order chi connectivity index (χ1) is 24.2. The van der Waals surface area contributed by atoms with Crippen LogP contribution in [-0.4, -0.2) is 108 Å². The number of unbranched alkanes of at least 4 members (excludes halogenated alkanes) is 2. The number of nitrogens with one attached hydrogen (secondary N) is 2. The summed E-state index contributed by atoms with van der Waals surface area (Å²) in [5, 5.41) is 5.38. The van der Waals surface area contributed by atoms with E-state index in [2.05, 4.69) is 15.5 Å². The predicted molar refractivity (Wildman–Crippen MR) is 190 cm³/mol. The number of urea groups is 1. The summed E-state index contributed by atoms with van der Waals surface area (Å²) < 4.78 is 5.50. The highest BCUT2D eigenvalue weighted by molar-refractivity contribution is 6.12. The second kappa shape index (κ2) is 20.3. The van der Waals surface area contributed by atoms with E-state index in [0.717, 1.165) is 30.6 Å². The molecule has 1 aromatic rings. The fraction of sp³-hybridized carbons (Fsp3) is 0.595. The van der Waals surface area contributed by atoms with Gasteiger partial charge in [-0.25, -0.2) is 9.59 Å². The first kappa shape index (κ1) is 40.8. The van der Waals surface area contributed by atoms with Crippen molar-refractivity contribution in [2.75, 3.05) is 40.3 Å². The van der Waals surface area contributed by atoms with Crippen molar-refractivity contribution < 1.29 is 38.3 Å². The average molecular weight is 711 g/mol. The number of amides is 6. The van der Waals surface area contributed by atoms with Crippen molar-refractivity contribution in [3.8, 4) is 0 Å². The molecule has 0 spiro atoms. The van der Waals surface area contributed by atoms with E-state index in [9.17, 15) is 33.6 Å². The quantitative estimate of drug-likeness (QED) is 0.127. The van der Waals surface area contributed by atoms with E-state index < -0.39 is 18.0 Å². The fourth-order valence-electron chi connectivity index (χ4n) is 6.21. The summed E-state index contributed by atoms with van der Waals surface area (Å²) >= 11 is 0. The van der Waals surface area contributed by atoms with E-state index in [4.69, 9.17) is 10.5 Å². The number of Topliss-reactive ketones (excluding diaryl/α,β-unsaturated/α-hetero) is 2. The van der Waals surface area contributed by atoms with Crippen molar-refractivity contribution in [1.82, 2.24) is 25.3 Å². The SMILES string of the molecule is CC(C)[C@H](CC(=O)CCCCCN1C(=O)C=CC1=O)C(=O)N[C@@H](CCCNC(N)=O)C(=O)Cc1ccc(COC(=O)N(C)C2CCN(C)C2)cc1. The molecule has 3 atom stereocenters. The average Bonchev–Trinajstić information content (AvgIpc) is 3.67. The first-order valence-electron chi connectivity index (χ1n) is 17.8. The maximum atomic E-state index is 13.5. The minimum Gasteiger partial charge on any atom is -0.445 e. The van der Waals surface area contributed by atoms with Crippen molar-refractivity contribution in [2.45, 2.75) is 90.3 Å². The number of likely N-dealkylation sites (N-methyl/N-ethyl adjacent to an activating group) is 2. The number of rotatable bonds is 21. The van der Waals surface area contributed by atoms with E-state index in [1.54, 1.807) is 36.2 Å². The van der Waals surface area contributed by atoms with Gasteiger partial charge in [-0.3, -0.25) is 28.9 Å². The molecule has 0 aliphatic carbocycles. The number of benzene rings is 1. The Hall–Kier alpha value is -4.59. The van der Waals surface area contributed by atoms with E-state index in [-0.39, 0.29) is 86.2 Å². The van der Waals surface area contributed by atoms with Gasteiger partial charge in [0.05, 0.1) is 6.04 Å². The van der Waals surface area contributed by atoms with Crippen LogP contribution in [0.3, 0.4) is 0 Å². The number of hydrogen-bond donors (Lipinski definition) is 3. The van der Waals surface area contributed by atoms with Crippen LogP contribution in [0.2, 0.25) is 0 Å². The summed E-state index contributed by atoms with van der Waals surface area (Å²) in [5.74, 6) is -2.14. The molecule has 0 bridgehead atoms. The Kier molecular flexibility index (Phi) is 16.3. The maximum absolute atomic E-state index is 13.5. The van der Waals surface area contributed by atoms with Crippen LogP contribution >= 0.6 is 0 Å². The molecule has 14 nitrogen and oxygen atoms in total. The highest BCUT2D eigenvalue weighted by Gasteiger charge is 2.30. The summed E-state index contributed by atoms with van der Waals surface area (Å²) in [6.45, 7) is 6.09. The Labute approximate surface area is 300 Å². The highest BCUT2D eigenvalue weighted by atomic mass is 16.6. The molecule has 280 valence electrons. The second-order valence-electron chi connectivity index (χ2n) is 13.9. The molecular weight excluding hydrogens is 656 g/mol. The molecule has 1 aromatic carbocycles. The molecular formula is C37H54N6O8. The van der Waals surface area contributed by atoms with Gasteiger partial charge in [-0.2, -0.15) is 0 Å². The van der Waals surface area contributed by atoms with Gasteiger partial charge in [-0.05, 0) is 62.7 Å². The number of hydrogen-bond acceptors (Lipinski definition) is 9. The molecule has 0 aromatic heterocycles. The lowest BCUT2D eigenvalue weighted by molar-refractivity contribution is -0.137. The Morgan fingerprint density at radius 3 is 2.25 bits per heavy atom. The predicted octanol–water partition coefficient (Wildman–Crippen LogP) is 2.72. The zero-order chi connectivity index (χ0) is 37.5. The summed E-state index contributed by atoms with van der Waals surface area (Å²) in [5.41, 5.74) is 6.68. The summed E-state index contributed by atoms with van der Waals surface area (Å²) in [6.07, 6.45) is 5.81. The van der Waals surface area contributed by atoms with Crippen LogP contribution < -0.4 is 16.4 Å². The molecule has 0 saturated carbocycles. The Balaban J connectivity index is 1.52. The van der Waals surface area contributed by atoms with Gasteiger partial charge >= 0.3 is 12.1 Å². The smallest absolute Gasteiger partial charge is 0.410 e. The van der Waals surface area contributed by atoms with Gasteiger partial charge in [0.25, 0.3) is 11.8 Å². The van der Waals surface area contributed by atoms with Gasteiger partial charge in [0.1, 0.15) is 12.4 Å². The fourth-order valence-corrected chi connectivity index (χ4v) is 6.21. The molecule has 2 aliphatic rings. The van der Waals surface area contributed by atoms with E-state index in [1.165, 1.54) is 17.1 Å². The normalized spacial score (nSPS) is 17.0. The largest absolute Gasteiger partial charge is 0.445 e. The number of nitrogens with zero attached hydrogens (tertiary/aromatic N) is 3. The van der Waals surface area contributed by atoms with E-state index in [0.29, 0.717) is 32.2 Å². The third kappa shape index (κ3) is 13.6. The number of carbonyl (C=O) groups excluding carboxylic acids is 7. The van der Waals surface area contributed by atoms with Crippen LogP contribution in [0.1, 0.15) is 76.3 Å². The lowest BCUT2D eigenvalue weighted by atomic mass is 9.88. The Morgan fingerprint density at radius 2 is 1.65 bits per heavy atom. The highest BCUT2D eigenvalue weighted by Crippen LogP contribution is 2.20. The molecule has 1 saturated heterocycles. The molecule has 51 heavy (non-hydrogen) atoms. The van der Waals surface area contributed by atoms with Crippen LogP contribution in [0, 0.1) is 11.8 Å². The third-order valence-corrected chi connectivity index (χ3v) is 9.47. The van der Waals surface area contributed by atoms with Crippen LogP contribution in [-0.2, 0) is 41.7 Å². The van der Waals surface area contributed by atoms with E-state index >= 15 is 0 Å². The molecule has 6 amide bonds. The first-order valence-corrected chi connectivity index (χ1v) is 17.8. The van der Waals surface area contributed by atoms with Crippen LogP contribution in [0.25, 0.3) is 0 Å². The topological polar surface area (TPSA) is 189 Å². The molecule has 0 radical (unpaired) electrons.